The highest BCUT2D eigenvalue weighted by molar-refractivity contribution is 7.90. The average Bonchev–Trinajstić information content (AvgIpc) is 3.53. The maximum Gasteiger partial charge on any atom is 0.254 e. The molecular formula is C26H29ClFN3O5S. The molecule has 0 spiro atoms. The first-order valence-corrected chi connectivity index (χ1v) is 14.0. The summed E-state index contributed by atoms with van der Waals surface area (Å²) in [6.07, 6.45) is 2.92. The van der Waals surface area contributed by atoms with Crippen molar-refractivity contribution in [3.8, 4) is 0 Å². The number of sulfone groups is 1. The summed E-state index contributed by atoms with van der Waals surface area (Å²) < 4.78 is 53.6. The van der Waals surface area contributed by atoms with Crippen molar-refractivity contribution < 1.29 is 27.1 Å². The molecule has 2 aromatic carbocycles. The van der Waals surface area contributed by atoms with Gasteiger partial charge in [0.1, 0.15) is 5.82 Å². The van der Waals surface area contributed by atoms with Gasteiger partial charge in [0.2, 0.25) is 15.0 Å². The molecule has 1 aliphatic rings. The molecule has 2 heterocycles. The monoisotopic (exact) mass is 549 g/mol. The molecule has 3 aromatic rings. The average molecular weight is 550 g/mol. The fourth-order valence-electron chi connectivity index (χ4n) is 4.29. The van der Waals surface area contributed by atoms with Crippen LogP contribution >= 0.6 is 11.6 Å². The first kappa shape index (κ1) is 27.3. The third-order valence-electron chi connectivity index (χ3n) is 6.17. The molecule has 198 valence electrons. The zero-order valence-corrected chi connectivity index (χ0v) is 22.0. The van der Waals surface area contributed by atoms with Gasteiger partial charge in [-0.25, -0.2) is 17.8 Å². The van der Waals surface area contributed by atoms with Crippen molar-refractivity contribution in [2.45, 2.75) is 42.9 Å². The third-order valence-corrected chi connectivity index (χ3v) is 7.98. The Morgan fingerprint density at radius 2 is 2.08 bits per heavy atom. The Hall–Kier alpha value is -2.79. The number of aromatic nitrogens is 2. The topological polar surface area (TPSA) is 90.7 Å². The zero-order valence-electron chi connectivity index (χ0n) is 20.5. The molecule has 0 radical (unpaired) electrons. The molecule has 11 heteroatoms. The van der Waals surface area contributed by atoms with Crippen molar-refractivity contribution >= 4 is 27.3 Å². The van der Waals surface area contributed by atoms with Gasteiger partial charge in [-0.15, -0.1) is 0 Å². The minimum absolute atomic E-state index is 0.0635. The predicted molar refractivity (Wildman–Crippen MR) is 137 cm³/mol. The van der Waals surface area contributed by atoms with E-state index < -0.39 is 21.4 Å². The fraction of sp³-hybridized carbons (Fsp3) is 0.385. The number of carbonyl (C=O) groups excluding carboxylic acids is 1. The van der Waals surface area contributed by atoms with Gasteiger partial charge in [-0.3, -0.25) is 4.79 Å². The van der Waals surface area contributed by atoms with E-state index in [0.717, 1.165) is 12.8 Å². The molecule has 8 nitrogen and oxygen atoms in total. The van der Waals surface area contributed by atoms with E-state index in [-0.39, 0.29) is 49.0 Å². The van der Waals surface area contributed by atoms with Crippen LogP contribution in [0.25, 0.3) is 0 Å². The predicted octanol–water partition coefficient (Wildman–Crippen LogP) is 4.12. The van der Waals surface area contributed by atoms with E-state index in [9.17, 15) is 17.6 Å². The molecule has 0 N–H and O–H groups in total. The second-order valence-corrected chi connectivity index (χ2v) is 11.2. The summed E-state index contributed by atoms with van der Waals surface area (Å²) in [5, 5.41) is 0.255. The number of imidazole rings is 1. The summed E-state index contributed by atoms with van der Waals surface area (Å²) in [5.41, 5.74) is 0.990. The molecule has 0 bridgehead atoms. The quantitative estimate of drug-likeness (QED) is 0.357. The largest absolute Gasteiger partial charge is 0.383 e. The van der Waals surface area contributed by atoms with Gasteiger partial charge >= 0.3 is 0 Å². The summed E-state index contributed by atoms with van der Waals surface area (Å²) in [6, 6.07) is 12.4. The van der Waals surface area contributed by atoms with Crippen LogP contribution in [0.5, 0.6) is 0 Å². The van der Waals surface area contributed by atoms with Crippen LogP contribution in [-0.4, -0.2) is 61.7 Å². The van der Waals surface area contributed by atoms with Crippen LogP contribution in [-0.2, 0) is 38.2 Å². The summed E-state index contributed by atoms with van der Waals surface area (Å²) >= 11 is 6.09. The highest BCUT2D eigenvalue weighted by Crippen LogP contribution is 2.24. The highest BCUT2D eigenvalue weighted by Gasteiger charge is 2.29. The van der Waals surface area contributed by atoms with Gasteiger partial charge in [-0.1, -0.05) is 35.9 Å². The van der Waals surface area contributed by atoms with E-state index >= 15 is 0 Å². The lowest BCUT2D eigenvalue weighted by Crippen LogP contribution is -2.34. The van der Waals surface area contributed by atoms with Crippen molar-refractivity contribution in [1.82, 2.24) is 14.5 Å². The molecule has 1 fully saturated rings. The second kappa shape index (κ2) is 12.2. The van der Waals surface area contributed by atoms with E-state index in [4.69, 9.17) is 21.1 Å². The van der Waals surface area contributed by atoms with Gasteiger partial charge < -0.3 is 18.9 Å². The van der Waals surface area contributed by atoms with E-state index in [1.54, 1.807) is 39.8 Å². The Bertz CT molecular complexity index is 1340. The number of methoxy groups -OCH3 is 1. The lowest BCUT2D eigenvalue weighted by molar-refractivity contribution is 0.0668. The first-order valence-electron chi connectivity index (χ1n) is 11.9. The zero-order chi connectivity index (χ0) is 26.4. The first-order chi connectivity index (χ1) is 17.8. The number of benzene rings is 2. The maximum atomic E-state index is 14.3. The van der Waals surface area contributed by atoms with E-state index in [2.05, 4.69) is 4.98 Å². The van der Waals surface area contributed by atoms with E-state index in [0.29, 0.717) is 22.9 Å². The van der Waals surface area contributed by atoms with Crippen molar-refractivity contribution in [2.24, 2.45) is 0 Å². The smallest absolute Gasteiger partial charge is 0.254 e. The molecule has 0 unspecified atom stereocenters. The van der Waals surface area contributed by atoms with Gasteiger partial charge in [0.25, 0.3) is 5.91 Å². The normalized spacial score (nSPS) is 15.7. The molecule has 1 atom stereocenters. The number of ether oxygens (including phenoxy) is 2. The molecule has 1 amide bonds. The van der Waals surface area contributed by atoms with E-state index in [1.165, 1.54) is 31.5 Å². The molecule has 1 aliphatic heterocycles. The lowest BCUT2D eigenvalue weighted by atomic mass is 10.2. The van der Waals surface area contributed by atoms with Crippen molar-refractivity contribution in [1.29, 1.82) is 0 Å². The van der Waals surface area contributed by atoms with Gasteiger partial charge in [0.05, 0.1) is 43.4 Å². The van der Waals surface area contributed by atoms with Crippen molar-refractivity contribution in [3.05, 3.63) is 82.4 Å². The van der Waals surface area contributed by atoms with Crippen LogP contribution in [0.2, 0.25) is 5.02 Å². The minimum Gasteiger partial charge on any atom is -0.383 e. The highest BCUT2D eigenvalue weighted by atomic mass is 35.5. The Morgan fingerprint density at radius 3 is 2.78 bits per heavy atom. The Morgan fingerprint density at radius 1 is 1.27 bits per heavy atom. The molecular weight excluding hydrogens is 521 g/mol. The third kappa shape index (κ3) is 6.75. The van der Waals surface area contributed by atoms with Gasteiger partial charge in [-0.2, -0.15) is 0 Å². The molecule has 0 aliphatic carbocycles. The lowest BCUT2D eigenvalue weighted by Gasteiger charge is -2.24. The number of nitrogens with zero attached hydrogens (tertiary/aromatic N) is 3. The second-order valence-electron chi connectivity index (χ2n) is 8.86. The summed E-state index contributed by atoms with van der Waals surface area (Å²) in [6.45, 7) is 1.49. The molecule has 0 saturated carbocycles. The summed E-state index contributed by atoms with van der Waals surface area (Å²) in [5.74, 6) is -1.40. The minimum atomic E-state index is -4.01. The van der Waals surface area contributed by atoms with Crippen molar-refractivity contribution in [2.75, 3.05) is 26.9 Å². The fourth-order valence-corrected chi connectivity index (χ4v) is 6.00. The van der Waals surface area contributed by atoms with Crippen molar-refractivity contribution in [3.63, 3.8) is 0 Å². The van der Waals surface area contributed by atoms with Gasteiger partial charge in [0, 0.05) is 36.4 Å². The number of hydrogen-bond donors (Lipinski definition) is 0. The van der Waals surface area contributed by atoms with Crippen LogP contribution in [0, 0.1) is 5.82 Å². The molecule has 37 heavy (non-hydrogen) atoms. The van der Waals surface area contributed by atoms with Crippen LogP contribution in [0.15, 0.2) is 59.9 Å². The number of amides is 1. The molecule has 1 aromatic heterocycles. The SMILES string of the molecule is COCCN(Cc1cnc(S(=O)(=O)Cc2ccccc2F)n1C[C@H]1CCCO1)C(=O)c1cccc(Cl)c1. The van der Waals surface area contributed by atoms with Gasteiger partial charge in [0.15, 0.2) is 0 Å². The van der Waals surface area contributed by atoms with Crippen LogP contribution in [0.4, 0.5) is 4.39 Å². The maximum absolute atomic E-state index is 14.3. The Kier molecular flexibility index (Phi) is 8.96. The number of carbonyl (C=O) groups is 1. The number of rotatable bonds is 11. The van der Waals surface area contributed by atoms with Crippen LogP contribution in [0.3, 0.4) is 0 Å². The molecule has 4 rings (SSSR count). The summed E-state index contributed by atoms with van der Waals surface area (Å²) in [7, 11) is -2.47. The van der Waals surface area contributed by atoms with E-state index in [1.807, 2.05) is 0 Å². The van der Waals surface area contributed by atoms with Crippen LogP contribution < -0.4 is 0 Å². The summed E-state index contributed by atoms with van der Waals surface area (Å²) in [4.78, 5) is 19.1. The Labute approximate surface area is 220 Å². The molecule has 1 saturated heterocycles. The van der Waals surface area contributed by atoms with Crippen LogP contribution in [0.1, 0.15) is 34.5 Å². The standard InChI is InChI=1S/C26H29ClFN3O5S/c1-35-13-11-30(25(32)19-7-4-8-21(27)14-19)16-22-15-29-26(31(22)17-23-9-5-12-36-23)37(33,34)18-20-6-2-3-10-24(20)28/h2-4,6-8,10,14-15,23H,5,9,11-13,16-18H2,1H3/t23-/m1/s1. The Balaban J connectivity index is 1.68. The number of halogens is 2. The number of hydrogen-bond acceptors (Lipinski definition) is 6. The van der Waals surface area contributed by atoms with Gasteiger partial charge in [-0.05, 0) is 37.1 Å².